The van der Waals surface area contributed by atoms with Gasteiger partial charge in [0.2, 0.25) is 11.6 Å². The minimum absolute atomic E-state index is 0.0630. The summed E-state index contributed by atoms with van der Waals surface area (Å²) >= 11 is 0. The first kappa shape index (κ1) is 28.3. The highest BCUT2D eigenvalue weighted by atomic mass is 16.6. The minimum atomic E-state index is -1.44. The lowest BCUT2D eigenvalue weighted by Gasteiger charge is -2.32. The van der Waals surface area contributed by atoms with E-state index in [0.29, 0.717) is 5.57 Å². The van der Waals surface area contributed by atoms with Gasteiger partial charge in [0, 0.05) is 31.2 Å². The highest BCUT2D eigenvalue weighted by molar-refractivity contribution is 6.38. The van der Waals surface area contributed by atoms with Gasteiger partial charge in [-0.1, -0.05) is 49.8 Å². The van der Waals surface area contributed by atoms with Crippen LogP contribution in [0.25, 0.3) is 0 Å². The van der Waals surface area contributed by atoms with E-state index in [1.165, 1.54) is 13.8 Å². The van der Waals surface area contributed by atoms with Crippen molar-refractivity contribution in [3.63, 3.8) is 0 Å². The zero-order valence-corrected chi connectivity index (χ0v) is 21.2. The molecule has 0 amide bonds. The molecule has 0 radical (unpaired) electrons. The van der Waals surface area contributed by atoms with Crippen LogP contribution in [0.2, 0.25) is 0 Å². The molecule has 7 nitrogen and oxygen atoms in total. The first-order chi connectivity index (χ1) is 16.4. The summed E-state index contributed by atoms with van der Waals surface area (Å²) in [5.41, 5.74) is 0.160. The Morgan fingerprint density at radius 1 is 1.26 bits per heavy atom. The number of rotatable bonds is 5. The van der Waals surface area contributed by atoms with Crippen LogP contribution in [0.15, 0.2) is 60.3 Å². The van der Waals surface area contributed by atoms with Crippen molar-refractivity contribution in [2.45, 2.75) is 77.6 Å². The summed E-state index contributed by atoms with van der Waals surface area (Å²) in [6.45, 7) is 8.38. The molecule has 0 saturated heterocycles. The normalized spacial score (nSPS) is 30.9. The lowest BCUT2D eigenvalue weighted by atomic mass is 9.79. The largest absolute Gasteiger partial charge is 0.455 e. The maximum atomic E-state index is 13.2. The van der Waals surface area contributed by atoms with Crippen LogP contribution in [0.5, 0.6) is 0 Å². The molecule has 0 bridgehead atoms. The summed E-state index contributed by atoms with van der Waals surface area (Å²) in [4.78, 5) is 41.9. The van der Waals surface area contributed by atoms with Crippen molar-refractivity contribution in [3.05, 3.63) is 66.0 Å². The van der Waals surface area contributed by atoms with Gasteiger partial charge in [-0.25, -0.2) is 0 Å². The van der Waals surface area contributed by atoms with E-state index in [0.717, 1.165) is 5.69 Å². The Morgan fingerprint density at radius 3 is 2.60 bits per heavy atom. The molecule has 35 heavy (non-hydrogen) atoms. The van der Waals surface area contributed by atoms with Crippen molar-refractivity contribution in [1.29, 1.82) is 0 Å². The number of esters is 1. The van der Waals surface area contributed by atoms with Gasteiger partial charge < -0.3 is 14.9 Å². The van der Waals surface area contributed by atoms with Crippen molar-refractivity contribution in [2.75, 3.05) is 0 Å². The molecular formula is C28H37NO6. The van der Waals surface area contributed by atoms with E-state index >= 15 is 0 Å². The molecule has 0 saturated carbocycles. The number of allylic oxidation sites excluding steroid dienone is 5. The quantitative estimate of drug-likeness (QED) is 0.283. The molecule has 6 atom stereocenters. The van der Waals surface area contributed by atoms with Crippen LogP contribution >= 0.6 is 0 Å². The van der Waals surface area contributed by atoms with Crippen LogP contribution in [-0.4, -0.2) is 50.5 Å². The average molecular weight is 484 g/mol. The van der Waals surface area contributed by atoms with Crippen molar-refractivity contribution in [1.82, 2.24) is 4.98 Å². The van der Waals surface area contributed by atoms with Gasteiger partial charge in [0.15, 0.2) is 0 Å². The molecular weight excluding hydrogens is 446 g/mol. The average Bonchev–Trinajstić information content (AvgIpc) is 2.80. The molecule has 0 spiro atoms. The maximum absolute atomic E-state index is 13.2. The zero-order chi connectivity index (χ0) is 26.2. The lowest BCUT2D eigenvalue weighted by Crippen LogP contribution is -2.42. The van der Waals surface area contributed by atoms with Gasteiger partial charge in [-0.15, -0.1) is 0 Å². The smallest absolute Gasteiger partial charge is 0.303 e. The van der Waals surface area contributed by atoms with Crippen LogP contribution in [0.4, 0.5) is 0 Å². The van der Waals surface area contributed by atoms with Crippen LogP contribution in [0.3, 0.4) is 0 Å². The number of aliphatic hydroxyl groups excluding tert-OH is 1. The standard InChI is InChI=1S/C28H37NO6/c1-18(23-11-6-7-16-29-23)9-8-10-19(2)26-20(3)12-13-25(35-21(4)30)28(5,34)15-14-22(31)17-24(32)27(26)33/h6-13,16,18,20,22,25-26,31,34H,14-15,17H2,1-5H3/b9-8+,13-12+,19-10+/t18-,20-,22-,25-,26+,28-/m0/s1. The SMILES string of the molecule is CC(=O)O[C@H]1/C=C/[C@H](C)[C@@H](/C(C)=C/C=C/[C@H](C)c2ccccn2)C(=O)C(=O)C[C@@H](O)CC[C@]1(C)O. The molecule has 0 aliphatic heterocycles. The molecule has 190 valence electrons. The fourth-order valence-corrected chi connectivity index (χ4v) is 4.21. The number of carbonyl (C=O) groups is 3. The van der Waals surface area contributed by atoms with Gasteiger partial charge in [0.1, 0.15) is 11.7 Å². The fraction of sp³-hybridized carbons (Fsp3) is 0.500. The van der Waals surface area contributed by atoms with E-state index in [4.69, 9.17) is 4.74 Å². The van der Waals surface area contributed by atoms with Crippen molar-refractivity contribution in [2.24, 2.45) is 11.8 Å². The summed E-state index contributed by atoms with van der Waals surface area (Å²) < 4.78 is 5.33. The van der Waals surface area contributed by atoms with Crippen molar-refractivity contribution >= 4 is 17.5 Å². The molecule has 1 aliphatic carbocycles. The molecule has 1 aromatic rings. The molecule has 0 fully saturated rings. The van der Waals surface area contributed by atoms with E-state index in [1.807, 2.05) is 43.4 Å². The van der Waals surface area contributed by atoms with Gasteiger partial charge >= 0.3 is 5.97 Å². The van der Waals surface area contributed by atoms with Gasteiger partial charge in [0.05, 0.1) is 12.0 Å². The Bertz CT molecular complexity index is 978. The molecule has 7 heteroatoms. The van der Waals surface area contributed by atoms with E-state index in [1.54, 1.807) is 32.2 Å². The van der Waals surface area contributed by atoms with Gasteiger partial charge in [-0.3, -0.25) is 19.4 Å². The predicted octanol–water partition coefficient (Wildman–Crippen LogP) is 3.86. The summed E-state index contributed by atoms with van der Waals surface area (Å²) in [5.74, 6) is -2.88. The van der Waals surface area contributed by atoms with E-state index < -0.39 is 47.2 Å². The molecule has 1 heterocycles. The number of hydrogen-bond acceptors (Lipinski definition) is 7. The summed E-state index contributed by atoms with van der Waals surface area (Å²) in [6.07, 6.45) is 8.44. The number of pyridine rings is 1. The molecule has 1 aromatic heterocycles. The Hall–Kier alpha value is -2.90. The Balaban J connectivity index is 2.37. The van der Waals surface area contributed by atoms with E-state index in [9.17, 15) is 24.6 Å². The van der Waals surface area contributed by atoms with Gasteiger partial charge in [-0.2, -0.15) is 0 Å². The van der Waals surface area contributed by atoms with Crippen LogP contribution < -0.4 is 0 Å². The predicted molar refractivity (Wildman–Crippen MR) is 133 cm³/mol. The number of nitrogens with zero attached hydrogens (tertiary/aromatic N) is 1. The fourth-order valence-electron chi connectivity index (χ4n) is 4.21. The van der Waals surface area contributed by atoms with Crippen LogP contribution in [0, 0.1) is 11.8 Å². The number of aromatic nitrogens is 1. The second-order valence-corrected chi connectivity index (χ2v) is 9.63. The number of hydrogen-bond donors (Lipinski definition) is 2. The Labute approximate surface area is 207 Å². The zero-order valence-electron chi connectivity index (χ0n) is 21.2. The number of ketones is 2. The Morgan fingerprint density at radius 2 is 1.97 bits per heavy atom. The molecule has 0 aromatic carbocycles. The summed E-state index contributed by atoms with van der Waals surface area (Å²) in [5, 5.41) is 21.3. The number of ether oxygens (including phenoxy) is 1. The Kier molecular flexibility index (Phi) is 10.3. The highest BCUT2D eigenvalue weighted by Crippen LogP contribution is 2.29. The maximum Gasteiger partial charge on any atom is 0.303 e. The first-order valence-corrected chi connectivity index (χ1v) is 12.0. The molecule has 2 N–H and O–H groups in total. The molecule has 0 unspecified atom stereocenters. The van der Waals surface area contributed by atoms with Crippen LogP contribution in [-0.2, 0) is 19.1 Å². The van der Waals surface area contributed by atoms with E-state index in [2.05, 4.69) is 4.98 Å². The first-order valence-electron chi connectivity index (χ1n) is 12.0. The molecule has 2 rings (SSSR count). The van der Waals surface area contributed by atoms with E-state index in [-0.39, 0.29) is 25.2 Å². The monoisotopic (exact) mass is 483 g/mol. The number of Topliss-reactive ketones (excluding diaryl/α,β-unsaturated/α-hetero) is 2. The van der Waals surface area contributed by atoms with Crippen molar-refractivity contribution in [3.8, 4) is 0 Å². The van der Waals surface area contributed by atoms with Gasteiger partial charge in [0.25, 0.3) is 0 Å². The number of aliphatic hydroxyl groups is 2. The lowest BCUT2D eigenvalue weighted by molar-refractivity contribution is -0.156. The third-order valence-corrected chi connectivity index (χ3v) is 6.39. The summed E-state index contributed by atoms with van der Waals surface area (Å²) in [7, 11) is 0. The highest BCUT2D eigenvalue weighted by Gasteiger charge is 2.36. The topological polar surface area (TPSA) is 114 Å². The molecule has 1 aliphatic rings. The van der Waals surface area contributed by atoms with Crippen molar-refractivity contribution < 1.29 is 29.3 Å². The van der Waals surface area contributed by atoms with Crippen LogP contribution in [0.1, 0.15) is 65.5 Å². The third-order valence-electron chi connectivity index (χ3n) is 6.39. The minimum Gasteiger partial charge on any atom is -0.455 e. The second kappa shape index (κ2) is 12.7. The summed E-state index contributed by atoms with van der Waals surface area (Å²) in [6, 6.07) is 5.71. The third kappa shape index (κ3) is 8.37. The van der Waals surface area contributed by atoms with Gasteiger partial charge in [-0.05, 0) is 50.8 Å². The number of carbonyl (C=O) groups excluding carboxylic acids is 3. The second-order valence-electron chi connectivity index (χ2n) is 9.63.